The van der Waals surface area contributed by atoms with Crippen LogP contribution in [0.1, 0.15) is 27.0 Å². The third-order valence-electron chi connectivity index (χ3n) is 6.57. The minimum Gasteiger partial charge on any atom is -0.485 e. The second-order valence-electron chi connectivity index (χ2n) is 9.50. The molecule has 0 aliphatic carbocycles. The van der Waals surface area contributed by atoms with Gasteiger partial charge in [0.1, 0.15) is 19.3 Å². The summed E-state index contributed by atoms with van der Waals surface area (Å²) in [5, 5.41) is 3.64. The van der Waals surface area contributed by atoms with Crippen molar-refractivity contribution in [3.05, 3.63) is 138 Å². The number of nitrogens with zero attached hydrogens (tertiary/aromatic N) is 1. The molecule has 0 aliphatic heterocycles. The molecule has 0 saturated carbocycles. The Bertz CT molecular complexity index is 1620. The lowest BCUT2D eigenvalue weighted by Gasteiger charge is -2.19. The number of hydrogen-bond donors (Lipinski definition) is 1. The Morgan fingerprint density at radius 3 is 2.05 bits per heavy atom. The van der Waals surface area contributed by atoms with Gasteiger partial charge >= 0.3 is 5.97 Å². The first-order valence-corrected chi connectivity index (χ1v) is 13.3. The summed E-state index contributed by atoms with van der Waals surface area (Å²) in [4.78, 5) is 30.2. The molecule has 7 nitrogen and oxygen atoms in total. The maximum Gasteiger partial charge on any atom is 0.328 e. The van der Waals surface area contributed by atoms with Gasteiger partial charge in [-0.15, -0.1) is 0 Å². The van der Waals surface area contributed by atoms with Crippen LogP contribution in [0, 0.1) is 0 Å². The number of methoxy groups -OCH3 is 1. The summed E-state index contributed by atoms with van der Waals surface area (Å²) in [6.45, 7) is 0.723. The lowest BCUT2D eigenvalue weighted by molar-refractivity contribution is -0.142. The van der Waals surface area contributed by atoms with Crippen molar-refractivity contribution >= 4 is 22.8 Å². The largest absolute Gasteiger partial charge is 0.485 e. The molecule has 0 radical (unpaired) electrons. The molecule has 0 unspecified atom stereocenters. The van der Waals surface area contributed by atoms with Gasteiger partial charge in [-0.2, -0.15) is 0 Å². The van der Waals surface area contributed by atoms with E-state index in [0.29, 0.717) is 30.3 Å². The van der Waals surface area contributed by atoms with Crippen LogP contribution < -0.4 is 14.8 Å². The highest BCUT2D eigenvalue weighted by atomic mass is 16.5. The number of esters is 1. The predicted octanol–water partition coefficient (Wildman–Crippen LogP) is 5.91. The van der Waals surface area contributed by atoms with Crippen molar-refractivity contribution in [1.29, 1.82) is 0 Å². The van der Waals surface area contributed by atoms with Crippen molar-refractivity contribution in [1.82, 2.24) is 10.3 Å². The van der Waals surface area contributed by atoms with E-state index in [-0.39, 0.29) is 6.42 Å². The lowest BCUT2D eigenvalue weighted by Crippen LogP contribution is -2.43. The average molecular weight is 547 g/mol. The molecule has 1 amide bonds. The second-order valence-corrected chi connectivity index (χ2v) is 9.50. The number of carbonyl (C=O) groups is 2. The van der Waals surface area contributed by atoms with Gasteiger partial charge in [-0.05, 0) is 41.0 Å². The normalized spacial score (nSPS) is 11.4. The van der Waals surface area contributed by atoms with Crippen LogP contribution >= 0.6 is 0 Å². The monoisotopic (exact) mass is 546 g/mol. The standard InChI is InChI=1S/C34H30N2O5/c1-39-34(38)30(36-33(37)28-20-27-14-8-9-15-29(27)35-21-28)18-26-16-17-31(40-22-24-10-4-2-5-11-24)32(19-26)41-23-25-12-6-3-7-13-25/h2-17,19-21,30H,18,22-23H2,1H3,(H,36,37)/t30-/m1/s1. The van der Waals surface area contributed by atoms with Gasteiger partial charge in [-0.25, -0.2) is 4.79 Å². The lowest BCUT2D eigenvalue weighted by atomic mass is 10.0. The van der Waals surface area contributed by atoms with E-state index in [1.165, 1.54) is 13.3 Å². The van der Waals surface area contributed by atoms with E-state index in [0.717, 1.165) is 27.6 Å². The van der Waals surface area contributed by atoms with Crippen molar-refractivity contribution in [2.45, 2.75) is 25.7 Å². The highest BCUT2D eigenvalue weighted by Gasteiger charge is 2.24. The molecule has 0 saturated heterocycles. The van der Waals surface area contributed by atoms with E-state index in [9.17, 15) is 9.59 Å². The van der Waals surface area contributed by atoms with Crippen LogP contribution in [0.4, 0.5) is 0 Å². The zero-order valence-electron chi connectivity index (χ0n) is 22.7. The fraction of sp³-hybridized carbons (Fsp3) is 0.147. The van der Waals surface area contributed by atoms with E-state index in [1.54, 1.807) is 6.07 Å². The molecule has 1 heterocycles. The molecule has 0 fully saturated rings. The van der Waals surface area contributed by atoms with Crippen LogP contribution in [0.3, 0.4) is 0 Å². The summed E-state index contributed by atoms with van der Waals surface area (Å²) in [5.74, 6) is 0.149. The molecule has 7 heteroatoms. The number of hydrogen-bond acceptors (Lipinski definition) is 6. The fourth-order valence-electron chi connectivity index (χ4n) is 4.39. The quantitative estimate of drug-likeness (QED) is 0.207. The summed E-state index contributed by atoms with van der Waals surface area (Å²) in [7, 11) is 1.30. The highest BCUT2D eigenvalue weighted by molar-refractivity contribution is 5.99. The smallest absolute Gasteiger partial charge is 0.328 e. The molecule has 0 aliphatic rings. The number of benzene rings is 4. The number of ether oxygens (including phenoxy) is 3. The second kappa shape index (κ2) is 13.3. The molecular weight excluding hydrogens is 516 g/mol. The van der Waals surface area contributed by atoms with Gasteiger partial charge in [-0.3, -0.25) is 9.78 Å². The highest BCUT2D eigenvalue weighted by Crippen LogP contribution is 2.31. The first kappa shape index (κ1) is 27.4. The Hall–Kier alpha value is -5.17. The molecule has 1 atom stereocenters. The van der Waals surface area contributed by atoms with Crippen LogP contribution in [0.15, 0.2) is 115 Å². The molecule has 5 rings (SSSR count). The molecular formula is C34H30N2O5. The minimum atomic E-state index is -0.919. The molecule has 206 valence electrons. The molecule has 1 aromatic heterocycles. The van der Waals surface area contributed by atoms with Gasteiger partial charge in [0.2, 0.25) is 0 Å². The summed E-state index contributed by atoms with van der Waals surface area (Å²) >= 11 is 0. The average Bonchev–Trinajstić information content (AvgIpc) is 3.03. The van der Waals surface area contributed by atoms with Crippen LogP contribution in [-0.4, -0.2) is 30.0 Å². The Morgan fingerprint density at radius 2 is 1.37 bits per heavy atom. The summed E-state index contributed by atoms with van der Waals surface area (Å²) in [5.41, 5.74) is 3.95. The van der Waals surface area contributed by atoms with Crippen molar-refractivity contribution in [3.8, 4) is 11.5 Å². The SMILES string of the molecule is COC(=O)[C@@H](Cc1ccc(OCc2ccccc2)c(OCc2ccccc2)c1)NC(=O)c1cnc2ccccc2c1. The molecule has 5 aromatic rings. The zero-order chi connectivity index (χ0) is 28.4. The van der Waals surface area contributed by atoms with Crippen LogP contribution in [0.2, 0.25) is 0 Å². The molecule has 41 heavy (non-hydrogen) atoms. The van der Waals surface area contributed by atoms with E-state index in [2.05, 4.69) is 10.3 Å². The first-order chi connectivity index (χ1) is 20.1. The van der Waals surface area contributed by atoms with Gasteiger partial charge in [0.15, 0.2) is 11.5 Å². The molecule has 1 N–H and O–H groups in total. The fourth-order valence-corrected chi connectivity index (χ4v) is 4.39. The maximum atomic E-state index is 13.1. The number of carbonyl (C=O) groups excluding carboxylic acids is 2. The van der Waals surface area contributed by atoms with E-state index >= 15 is 0 Å². The van der Waals surface area contributed by atoms with Crippen molar-refractivity contribution in [2.75, 3.05) is 7.11 Å². The van der Waals surface area contributed by atoms with Crippen molar-refractivity contribution in [2.24, 2.45) is 0 Å². The Kier molecular flexibility index (Phi) is 8.86. The van der Waals surface area contributed by atoms with Gasteiger partial charge in [-0.1, -0.05) is 84.9 Å². The zero-order valence-corrected chi connectivity index (χ0v) is 22.7. The number of rotatable bonds is 11. The van der Waals surface area contributed by atoms with E-state index in [4.69, 9.17) is 14.2 Å². The third kappa shape index (κ3) is 7.28. The number of nitrogens with one attached hydrogen (secondary N) is 1. The van der Waals surface area contributed by atoms with Gasteiger partial charge < -0.3 is 19.5 Å². The number of pyridine rings is 1. The topological polar surface area (TPSA) is 86.8 Å². The first-order valence-electron chi connectivity index (χ1n) is 13.3. The Labute approximate surface area is 238 Å². The number of amides is 1. The summed E-state index contributed by atoms with van der Waals surface area (Å²) in [6, 6.07) is 33.6. The summed E-state index contributed by atoms with van der Waals surface area (Å²) < 4.78 is 17.3. The Balaban J connectivity index is 1.35. The minimum absolute atomic E-state index is 0.195. The van der Waals surface area contributed by atoms with Crippen LogP contribution in [0.5, 0.6) is 11.5 Å². The Morgan fingerprint density at radius 1 is 0.732 bits per heavy atom. The van der Waals surface area contributed by atoms with Crippen molar-refractivity contribution < 1.29 is 23.8 Å². The van der Waals surface area contributed by atoms with Crippen LogP contribution in [-0.2, 0) is 29.2 Å². The van der Waals surface area contributed by atoms with Gasteiger partial charge in [0, 0.05) is 18.0 Å². The molecule has 0 spiro atoms. The van der Waals surface area contributed by atoms with E-state index < -0.39 is 17.9 Å². The van der Waals surface area contributed by atoms with E-state index in [1.807, 2.05) is 103 Å². The number of aromatic nitrogens is 1. The third-order valence-corrected chi connectivity index (χ3v) is 6.57. The molecule has 0 bridgehead atoms. The van der Waals surface area contributed by atoms with Crippen molar-refractivity contribution in [3.63, 3.8) is 0 Å². The molecule has 4 aromatic carbocycles. The number of fused-ring (bicyclic) bond motifs is 1. The van der Waals surface area contributed by atoms with Crippen LogP contribution in [0.25, 0.3) is 10.9 Å². The summed E-state index contributed by atoms with van der Waals surface area (Å²) in [6.07, 6.45) is 1.69. The number of para-hydroxylation sites is 1. The van der Waals surface area contributed by atoms with Gasteiger partial charge in [0.05, 0.1) is 18.2 Å². The van der Waals surface area contributed by atoms with Gasteiger partial charge in [0.25, 0.3) is 5.91 Å². The predicted molar refractivity (Wildman–Crippen MR) is 157 cm³/mol. The maximum absolute atomic E-state index is 13.1.